The van der Waals surface area contributed by atoms with Gasteiger partial charge in [-0.25, -0.2) is 15.0 Å². The van der Waals surface area contributed by atoms with Crippen molar-refractivity contribution in [1.82, 2.24) is 29.1 Å². The number of pyridine rings is 1. The van der Waals surface area contributed by atoms with Crippen LogP contribution >= 0.6 is 0 Å². The molecule has 13 aromatic rings. The number of nitrogens with zero attached hydrogens (tertiary/aromatic N) is 10. The zero-order valence-electron chi connectivity index (χ0n) is 40.3. The van der Waals surface area contributed by atoms with Crippen molar-refractivity contribution < 1.29 is 0 Å². The molecule has 10 heteroatoms. The standard InChI is InChI=1S/C66H36N10/c67-36-41-19-24-50(48(31-41)38-69)45-21-26-60-54(33-45)52-15-7-9-17-58(52)75(60)62-28-23-47(66-73-64(43-11-3-1-4-12-43)72-65(74-66)44-13-5-2-6-14-44)35-56(62)57-40-71-30-29-63(57)76-59-18-10-8-16-53(59)55-34-46(22-27-61(55)76)51-25-20-42(37-68)32-49(51)39-70/h1-35,40H. The number of benzene rings is 9. The predicted octanol–water partition coefficient (Wildman–Crippen LogP) is 14.9. The summed E-state index contributed by atoms with van der Waals surface area (Å²) in [6.07, 6.45) is 3.74. The van der Waals surface area contributed by atoms with E-state index in [0.717, 1.165) is 105 Å². The largest absolute Gasteiger partial charge is 0.309 e. The molecule has 0 radical (unpaired) electrons. The second kappa shape index (κ2) is 18.4. The lowest BCUT2D eigenvalue weighted by molar-refractivity contribution is 1.07. The quantitative estimate of drug-likeness (QED) is 0.146. The first-order chi connectivity index (χ1) is 37.5. The summed E-state index contributed by atoms with van der Waals surface area (Å²) in [6.45, 7) is 0. The van der Waals surface area contributed by atoms with Gasteiger partial charge in [-0.1, -0.05) is 121 Å². The van der Waals surface area contributed by atoms with Crippen LogP contribution in [0.1, 0.15) is 22.3 Å². The lowest BCUT2D eigenvalue weighted by atomic mass is 9.97. The summed E-state index contributed by atoms with van der Waals surface area (Å²) in [6, 6.07) is 76.8. The number of fused-ring (bicyclic) bond motifs is 6. The first-order valence-electron chi connectivity index (χ1n) is 24.4. The molecule has 0 unspecified atom stereocenters. The topological polar surface area (TPSA) is 157 Å². The van der Waals surface area contributed by atoms with E-state index in [4.69, 9.17) is 19.9 Å². The van der Waals surface area contributed by atoms with E-state index in [2.05, 4.69) is 100 Å². The number of aromatic nitrogens is 6. The number of hydrogen-bond donors (Lipinski definition) is 0. The van der Waals surface area contributed by atoms with Crippen LogP contribution in [0.15, 0.2) is 219 Å². The average molecular weight is 969 g/mol. The van der Waals surface area contributed by atoms with Crippen LogP contribution < -0.4 is 0 Å². The Morgan fingerprint density at radius 2 is 0.763 bits per heavy atom. The van der Waals surface area contributed by atoms with Crippen molar-refractivity contribution in [2.24, 2.45) is 0 Å². The molecule has 0 fully saturated rings. The molecule has 4 aromatic heterocycles. The third-order valence-electron chi connectivity index (χ3n) is 14.0. The Morgan fingerprint density at radius 1 is 0.316 bits per heavy atom. The Morgan fingerprint density at radius 3 is 1.26 bits per heavy atom. The van der Waals surface area contributed by atoms with Crippen LogP contribution in [0.25, 0.3) is 123 Å². The highest BCUT2D eigenvalue weighted by atomic mass is 15.0. The molecular weight excluding hydrogens is 933 g/mol. The van der Waals surface area contributed by atoms with Gasteiger partial charge < -0.3 is 9.13 Å². The summed E-state index contributed by atoms with van der Waals surface area (Å²) >= 11 is 0. The summed E-state index contributed by atoms with van der Waals surface area (Å²) in [5, 5.41) is 43.7. The lowest BCUT2D eigenvalue weighted by Crippen LogP contribution is -2.04. The molecule has 0 saturated carbocycles. The van der Waals surface area contributed by atoms with E-state index in [-0.39, 0.29) is 0 Å². The van der Waals surface area contributed by atoms with Crippen molar-refractivity contribution >= 4 is 43.6 Å². The van der Waals surface area contributed by atoms with Gasteiger partial charge in [0.2, 0.25) is 0 Å². The van der Waals surface area contributed by atoms with Gasteiger partial charge in [0.05, 0.1) is 80.0 Å². The molecule has 9 aromatic carbocycles. The van der Waals surface area contributed by atoms with E-state index < -0.39 is 0 Å². The Balaban J connectivity index is 1.08. The summed E-state index contributed by atoms with van der Waals surface area (Å²) < 4.78 is 4.56. The van der Waals surface area contributed by atoms with Gasteiger partial charge in [0.25, 0.3) is 0 Å². The minimum Gasteiger partial charge on any atom is -0.309 e. The third kappa shape index (κ3) is 7.47. The van der Waals surface area contributed by atoms with Gasteiger partial charge in [0.15, 0.2) is 17.5 Å². The maximum Gasteiger partial charge on any atom is 0.164 e. The summed E-state index contributed by atoms with van der Waals surface area (Å²) in [5.74, 6) is 1.59. The maximum atomic E-state index is 10.2. The minimum atomic E-state index is 0.427. The summed E-state index contributed by atoms with van der Waals surface area (Å²) in [7, 11) is 0. The van der Waals surface area contributed by atoms with Crippen LogP contribution in [0, 0.1) is 45.3 Å². The van der Waals surface area contributed by atoms with E-state index in [1.807, 2.05) is 128 Å². The van der Waals surface area contributed by atoms with Gasteiger partial charge in [-0.3, -0.25) is 4.98 Å². The number of rotatable bonds is 8. The molecule has 0 atom stereocenters. The van der Waals surface area contributed by atoms with Gasteiger partial charge >= 0.3 is 0 Å². The molecule has 0 bridgehead atoms. The Bertz CT molecular complexity index is 4640. The van der Waals surface area contributed by atoms with Crippen molar-refractivity contribution in [3.63, 3.8) is 0 Å². The molecule has 0 aliphatic rings. The molecule has 0 saturated heterocycles. The SMILES string of the molecule is N#Cc1ccc(-c2ccc3c(c2)c2ccccc2n3-c2ccncc2-c2cc(-c3nc(-c4ccccc4)nc(-c4ccccc4)n3)ccc2-n2c3ccccc3c3cc(-c4ccc(C#N)cc4C#N)ccc32)c(C#N)c1. The molecule has 0 spiro atoms. The van der Waals surface area contributed by atoms with Crippen molar-refractivity contribution in [1.29, 1.82) is 21.0 Å². The van der Waals surface area contributed by atoms with Crippen molar-refractivity contribution in [2.75, 3.05) is 0 Å². The molecule has 4 heterocycles. The van der Waals surface area contributed by atoms with Gasteiger partial charge in [-0.2, -0.15) is 21.0 Å². The molecule has 0 aliphatic heterocycles. The van der Waals surface area contributed by atoms with E-state index >= 15 is 0 Å². The second-order valence-electron chi connectivity index (χ2n) is 18.3. The summed E-state index contributed by atoms with van der Waals surface area (Å²) in [4.78, 5) is 20.2. The zero-order chi connectivity index (χ0) is 51.3. The molecule has 13 rings (SSSR count). The zero-order valence-corrected chi connectivity index (χ0v) is 40.3. The highest BCUT2D eigenvalue weighted by molar-refractivity contribution is 6.13. The van der Waals surface area contributed by atoms with E-state index in [1.165, 1.54) is 0 Å². The van der Waals surface area contributed by atoms with Crippen LogP contribution in [0.2, 0.25) is 0 Å². The fourth-order valence-corrected chi connectivity index (χ4v) is 10.5. The molecule has 0 amide bonds. The van der Waals surface area contributed by atoms with Gasteiger partial charge in [0, 0.05) is 61.8 Å². The fraction of sp³-hybridized carbons (Fsp3) is 0. The van der Waals surface area contributed by atoms with E-state index in [1.54, 1.807) is 24.3 Å². The molecule has 350 valence electrons. The molecular formula is C66H36N10. The number of nitriles is 4. The average Bonchev–Trinajstić information content (AvgIpc) is 4.10. The fourth-order valence-electron chi connectivity index (χ4n) is 10.5. The Labute approximate surface area is 435 Å². The molecule has 0 aliphatic carbocycles. The highest BCUT2D eigenvalue weighted by Gasteiger charge is 2.24. The Hall–Kier alpha value is -11.3. The lowest BCUT2D eigenvalue weighted by Gasteiger charge is -2.19. The first kappa shape index (κ1) is 44.6. The van der Waals surface area contributed by atoms with Crippen LogP contribution in [-0.4, -0.2) is 29.1 Å². The van der Waals surface area contributed by atoms with E-state index in [0.29, 0.717) is 39.7 Å². The monoisotopic (exact) mass is 968 g/mol. The van der Waals surface area contributed by atoms with Crippen molar-refractivity contribution in [2.45, 2.75) is 0 Å². The highest BCUT2D eigenvalue weighted by Crippen LogP contribution is 2.44. The van der Waals surface area contributed by atoms with Crippen LogP contribution in [0.3, 0.4) is 0 Å². The van der Waals surface area contributed by atoms with Crippen molar-refractivity contribution in [3.8, 4) is 103 Å². The predicted molar refractivity (Wildman–Crippen MR) is 298 cm³/mol. The maximum absolute atomic E-state index is 10.2. The minimum absolute atomic E-state index is 0.427. The first-order valence-corrected chi connectivity index (χ1v) is 24.4. The smallest absolute Gasteiger partial charge is 0.164 e. The van der Waals surface area contributed by atoms with Gasteiger partial charge in [-0.05, 0) is 107 Å². The Kier molecular flexibility index (Phi) is 10.8. The molecule has 76 heavy (non-hydrogen) atoms. The third-order valence-corrected chi connectivity index (χ3v) is 14.0. The van der Waals surface area contributed by atoms with Crippen LogP contribution in [-0.2, 0) is 0 Å². The number of hydrogen-bond acceptors (Lipinski definition) is 8. The van der Waals surface area contributed by atoms with Crippen LogP contribution in [0.5, 0.6) is 0 Å². The summed E-state index contributed by atoms with van der Waals surface area (Å²) in [5.41, 5.74) is 14.7. The molecule has 0 N–H and O–H groups in total. The second-order valence-corrected chi connectivity index (χ2v) is 18.3. The number of para-hydroxylation sites is 2. The normalized spacial score (nSPS) is 11.1. The molecule has 10 nitrogen and oxygen atoms in total. The van der Waals surface area contributed by atoms with Crippen LogP contribution in [0.4, 0.5) is 0 Å². The van der Waals surface area contributed by atoms with Gasteiger partial charge in [-0.15, -0.1) is 0 Å². The van der Waals surface area contributed by atoms with E-state index in [9.17, 15) is 21.0 Å². The van der Waals surface area contributed by atoms with Crippen molar-refractivity contribution in [3.05, 3.63) is 241 Å². The van der Waals surface area contributed by atoms with Gasteiger partial charge in [0.1, 0.15) is 0 Å².